The fraction of sp³-hybridized carbons (Fsp3) is 0.438. The van der Waals surface area contributed by atoms with Crippen LogP contribution < -0.4 is 10.6 Å². The van der Waals surface area contributed by atoms with Gasteiger partial charge in [-0.25, -0.2) is 0 Å². The average molecular weight is 299 g/mol. The van der Waals surface area contributed by atoms with Gasteiger partial charge in [-0.1, -0.05) is 0 Å². The van der Waals surface area contributed by atoms with Gasteiger partial charge in [-0.3, -0.25) is 14.5 Å². The molecule has 0 spiro atoms. The van der Waals surface area contributed by atoms with E-state index in [-0.39, 0.29) is 12.5 Å². The number of hydrogen-bond donors (Lipinski definition) is 2. The summed E-state index contributed by atoms with van der Waals surface area (Å²) in [5.41, 5.74) is 5.71. The largest absolute Gasteiger partial charge is 0.350 e. The van der Waals surface area contributed by atoms with Crippen LogP contribution in [0.15, 0.2) is 18.5 Å². The third-order valence-corrected chi connectivity index (χ3v) is 4.15. The van der Waals surface area contributed by atoms with Crippen molar-refractivity contribution in [3.05, 3.63) is 46.5 Å². The van der Waals surface area contributed by atoms with Crippen molar-refractivity contribution in [2.24, 2.45) is 0 Å². The summed E-state index contributed by atoms with van der Waals surface area (Å²) in [6, 6.07) is 1.89. The van der Waals surface area contributed by atoms with E-state index in [1.807, 2.05) is 26.1 Å². The van der Waals surface area contributed by atoms with Gasteiger partial charge in [0.2, 0.25) is 5.91 Å². The molecule has 2 aromatic rings. The molecule has 0 fully saturated rings. The van der Waals surface area contributed by atoms with Gasteiger partial charge in [0.05, 0.1) is 0 Å². The second-order valence-electron chi connectivity index (χ2n) is 5.66. The lowest BCUT2D eigenvalue weighted by Crippen LogP contribution is -2.31. The number of aryl methyl sites for hydroxylation is 2. The summed E-state index contributed by atoms with van der Waals surface area (Å²) in [6.07, 6.45) is 4.63. The van der Waals surface area contributed by atoms with Gasteiger partial charge < -0.3 is 10.6 Å². The van der Waals surface area contributed by atoms with Gasteiger partial charge in [-0.05, 0) is 49.6 Å². The summed E-state index contributed by atoms with van der Waals surface area (Å²) < 4.78 is 1.70. The molecule has 1 aliphatic heterocycles. The minimum absolute atomic E-state index is 0.0299. The van der Waals surface area contributed by atoms with E-state index in [0.717, 1.165) is 36.5 Å². The molecule has 3 heterocycles. The molecule has 1 amide bonds. The Morgan fingerprint density at radius 3 is 3.09 bits per heavy atom. The van der Waals surface area contributed by atoms with E-state index in [2.05, 4.69) is 20.7 Å². The lowest BCUT2D eigenvalue weighted by Gasteiger charge is -2.21. The quantitative estimate of drug-likeness (QED) is 0.878. The Morgan fingerprint density at radius 2 is 2.32 bits per heavy atom. The Labute approximate surface area is 129 Å². The van der Waals surface area contributed by atoms with Gasteiger partial charge in [-0.2, -0.15) is 5.10 Å². The number of carbonyl (C=O) groups is 1. The zero-order valence-electron chi connectivity index (χ0n) is 13.0. The van der Waals surface area contributed by atoms with Crippen molar-refractivity contribution in [1.82, 2.24) is 25.4 Å². The number of fused-ring (bicyclic) bond motifs is 1. The molecular formula is C16H21N5O. The van der Waals surface area contributed by atoms with Crippen LogP contribution >= 0.6 is 0 Å². The second kappa shape index (κ2) is 6.27. The maximum absolute atomic E-state index is 12.1. The highest BCUT2D eigenvalue weighted by molar-refractivity contribution is 5.75. The van der Waals surface area contributed by atoms with Gasteiger partial charge in [-0.15, -0.1) is 0 Å². The molecule has 6 heteroatoms. The van der Waals surface area contributed by atoms with E-state index in [1.165, 1.54) is 11.1 Å². The third kappa shape index (κ3) is 3.01. The second-order valence-corrected chi connectivity index (χ2v) is 5.66. The van der Waals surface area contributed by atoms with Crippen LogP contribution in [0, 0.1) is 13.8 Å². The molecule has 0 radical (unpaired) electrons. The van der Waals surface area contributed by atoms with Crippen molar-refractivity contribution in [1.29, 1.82) is 0 Å². The summed E-state index contributed by atoms with van der Waals surface area (Å²) >= 11 is 0. The van der Waals surface area contributed by atoms with Crippen LogP contribution in [0.2, 0.25) is 0 Å². The summed E-state index contributed by atoms with van der Waals surface area (Å²) in [4.78, 5) is 16.6. The molecule has 6 nitrogen and oxygen atoms in total. The van der Waals surface area contributed by atoms with Gasteiger partial charge >= 0.3 is 0 Å². The molecule has 2 aromatic heterocycles. The predicted octanol–water partition coefficient (Wildman–Crippen LogP) is 0.857. The molecule has 116 valence electrons. The maximum atomic E-state index is 12.1. The Kier molecular flexibility index (Phi) is 4.20. The Morgan fingerprint density at radius 1 is 1.45 bits per heavy atom. The highest BCUT2D eigenvalue weighted by Gasteiger charge is 2.16. The van der Waals surface area contributed by atoms with Crippen LogP contribution in [-0.2, 0) is 30.8 Å². The summed E-state index contributed by atoms with van der Waals surface area (Å²) in [5, 5.41) is 10.5. The highest BCUT2D eigenvalue weighted by Crippen LogP contribution is 2.20. The zero-order valence-corrected chi connectivity index (χ0v) is 13.0. The molecule has 0 aromatic carbocycles. The number of carbonyl (C=O) groups excluding carboxylic acids is 1. The maximum Gasteiger partial charge on any atom is 0.242 e. The molecule has 0 unspecified atom stereocenters. The molecule has 0 bridgehead atoms. The van der Waals surface area contributed by atoms with Crippen LogP contribution in [0.5, 0.6) is 0 Å². The zero-order chi connectivity index (χ0) is 15.5. The normalized spacial score (nSPS) is 13.7. The van der Waals surface area contributed by atoms with Crippen LogP contribution in [0.1, 0.15) is 28.1 Å². The van der Waals surface area contributed by atoms with Crippen molar-refractivity contribution >= 4 is 5.91 Å². The molecule has 3 rings (SSSR count). The first-order chi connectivity index (χ1) is 10.6. The van der Waals surface area contributed by atoms with Crippen LogP contribution in [0.3, 0.4) is 0 Å². The van der Waals surface area contributed by atoms with E-state index in [4.69, 9.17) is 0 Å². The first kappa shape index (κ1) is 14.7. The fourth-order valence-corrected chi connectivity index (χ4v) is 2.82. The first-order valence-electron chi connectivity index (χ1n) is 7.57. The van der Waals surface area contributed by atoms with E-state index in [9.17, 15) is 4.79 Å². The van der Waals surface area contributed by atoms with E-state index < -0.39 is 0 Å². The molecule has 1 aliphatic rings. The first-order valence-corrected chi connectivity index (χ1v) is 7.57. The number of nitrogens with one attached hydrogen (secondary N) is 2. The van der Waals surface area contributed by atoms with Crippen molar-refractivity contribution < 1.29 is 4.79 Å². The molecule has 0 saturated carbocycles. The highest BCUT2D eigenvalue weighted by atomic mass is 16.2. The third-order valence-electron chi connectivity index (χ3n) is 4.15. The number of nitrogens with zero attached hydrogens (tertiary/aromatic N) is 3. The van der Waals surface area contributed by atoms with Gasteiger partial charge in [0.25, 0.3) is 0 Å². The SMILES string of the molecule is Cc1ncc2c(c1CNC(=O)Cn1nccc1C)CCNC2. The molecule has 0 saturated heterocycles. The standard InChI is InChI=1S/C16H21N5O/c1-11-3-6-20-21(11)10-16(22)19-9-15-12(2)18-8-13-7-17-5-4-14(13)15/h3,6,8,17H,4-5,7,9-10H2,1-2H3,(H,19,22). The van der Waals surface area contributed by atoms with Gasteiger partial charge in [0.15, 0.2) is 0 Å². The van der Waals surface area contributed by atoms with Crippen LogP contribution in [0.4, 0.5) is 0 Å². The average Bonchev–Trinajstić information content (AvgIpc) is 2.91. The lowest BCUT2D eigenvalue weighted by atomic mass is 9.96. The molecule has 0 aliphatic carbocycles. The van der Waals surface area contributed by atoms with Crippen LogP contribution in [0.25, 0.3) is 0 Å². The summed E-state index contributed by atoms with van der Waals surface area (Å²) in [6.45, 7) is 6.55. The van der Waals surface area contributed by atoms with Crippen molar-refractivity contribution in [2.75, 3.05) is 6.54 Å². The minimum atomic E-state index is -0.0299. The number of rotatable bonds is 4. The van der Waals surface area contributed by atoms with E-state index in [1.54, 1.807) is 10.9 Å². The fourth-order valence-electron chi connectivity index (χ4n) is 2.82. The van der Waals surface area contributed by atoms with Gasteiger partial charge in [0.1, 0.15) is 6.54 Å². The number of amides is 1. The Bertz CT molecular complexity index is 692. The minimum Gasteiger partial charge on any atom is -0.350 e. The van der Waals surface area contributed by atoms with Crippen LogP contribution in [-0.4, -0.2) is 27.2 Å². The van der Waals surface area contributed by atoms with E-state index >= 15 is 0 Å². The van der Waals surface area contributed by atoms with Crippen molar-refractivity contribution in [2.45, 2.75) is 39.9 Å². The van der Waals surface area contributed by atoms with Crippen molar-refractivity contribution in [3.63, 3.8) is 0 Å². The molecular weight excluding hydrogens is 278 g/mol. The molecule has 0 atom stereocenters. The summed E-state index contributed by atoms with van der Waals surface area (Å²) in [5.74, 6) is -0.0299. The summed E-state index contributed by atoms with van der Waals surface area (Å²) in [7, 11) is 0. The monoisotopic (exact) mass is 299 g/mol. The number of aromatic nitrogens is 3. The number of hydrogen-bond acceptors (Lipinski definition) is 4. The number of pyridine rings is 1. The lowest BCUT2D eigenvalue weighted by molar-refractivity contribution is -0.122. The van der Waals surface area contributed by atoms with Crippen molar-refractivity contribution in [3.8, 4) is 0 Å². The molecule has 2 N–H and O–H groups in total. The predicted molar refractivity (Wildman–Crippen MR) is 83.2 cm³/mol. The topological polar surface area (TPSA) is 71.8 Å². The molecule has 22 heavy (non-hydrogen) atoms. The van der Waals surface area contributed by atoms with Gasteiger partial charge in [0, 0.05) is 36.9 Å². The smallest absolute Gasteiger partial charge is 0.242 e. The Hall–Kier alpha value is -2.21. The Balaban J connectivity index is 1.69. The van der Waals surface area contributed by atoms with E-state index in [0.29, 0.717) is 6.54 Å².